The van der Waals surface area contributed by atoms with Crippen molar-refractivity contribution in [3.63, 3.8) is 0 Å². The van der Waals surface area contributed by atoms with Crippen LogP contribution in [0.15, 0.2) is 24.3 Å². The van der Waals surface area contributed by atoms with Crippen LogP contribution in [0.25, 0.3) is 0 Å². The minimum atomic E-state index is -0.377. The Morgan fingerprint density at radius 3 is 2.71 bits per heavy atom. The Bertz CT molecular complexity index is 726. The second kappa shape index (κ2) is 5.20. The Labute approximate surface area is 130 Å². The first-order valence-electron chi connectivity index (χ1n) is 7.21. The Kier molecular flexibility index (Phi) is 3.51. The largest absolute Gasteiger partial charge is 0.271 e. The Hall–Kier alpha value is -1.79. The topological polar surface area (TPSA) is 41.6 Å². The molecule has 0 saturated heterocycles. The van der Waals surface area contributed by atoms with Crippen molar-refractivity contribution < 1.29 is 0 Å². The summed E-state index contributed by atoms with van der Waals surface area (Å²) in [5, 5.41) is 14.9. The van der Waals surface area contributed by atoms with Crippen LogP contribution >= 0.6 is 11.6 Å². The maximum Gasteiger partial charge on any atom is 0.0847 e. The fourth-order valence-corrected chi connectivity index (χ4v) is 3.51. The first kappa shape index (κ1) is 14.2. The van der Waals surface area contributed by atoms with Crippen LogP contribution < -0.4 is 0 Å². The van der Waals surface area contributed by atoms with E-state index in [0.717, 1.165) is 30.7 Å². The summed E-state index contributed by atoms with van der Waals surface area (Å²) in [7, 11) is 1.90. The van der Waals surface area contributed by atoms with E-state index in [1.54, 1.807) is 0 Å². The number of nitriles is 1. The first-order chi connectivity index (χ1) is 10.0. The maximum atomic E-state index is 9.79. The van der Waals surface area contributed by atoms with Gasteiger partial charge in [0, 0.05) is 13.5 Å². The molecule has 0 amide bonds. The van der Waals surface area contributed by atoms with Crippen molar-refractivity contribution in [1.29, 1.82) is 5.26 Å². The first-order valence-corrected chi connectivity index (χ1v) is 7.58. The molecule has 0 saturated carbocycles. The highest BCUT2D eigenvalue weighted by molar-refractivity contribution is 6.31. The zero-order valence-corrected chi connectivity index (χ0v) is 13.1. The fourth-order valence-electron chi connectivity index (χ4n) is 3.28. The Balaban J connectivity index is 1.95. The summed E-state index contributed by atoms with van der Waals surface area (Å²) in [6.07, 6.45) is 3.29. The molecule has 0 N–H and O–H groups in total. The van der Waals surface area contributed by atoms with Crippen molar-refractivity contribution >= 4 is 11.6 Å². The molecule has 0 bridgehead atoms. The molecule has 3 nitrogen and oxygen atoms in total. The summed E-state index contributed by atoms with van der Waals surface area (Å²) in [6.45, 7) is 1.90. The number of halogens is 1. The van der Waals surface area contributed by atoms with E-state index in [9.17, 15) is 5.26 Å². The molecule has 1 aromatic heterocycles. The Morgan fingerprint density at radius 1 is 1.38 bits per heavy atom. The molecule has 1 heterocycles. The van der Waals surface area contributed by atoms with Crippen LogP contribution in [-0.4, -0.2) is 9.78 Å². The average molecular weight is 300 g/mol. The number of nitrogens with zero attached hydrogens (tertiary/aromatic N) is 3. The summed E-state index contributed by atoms with van der Waals surface area (Å²) >= 11 is 6.36. The molecule has 2 aromatic rings. The Morgan fingerprint density at radius 2 is 2.10 bits per heavy atom. The molecule has 4 heteroatoms. The number of aromatic nitrogens is 2. The van der Waals surface area contributed by atoms with Gasteiger partial charge in [-0.05, 0) is 37.3 Å². The normalized spacial score (nSPS) is 20.9. The van der Waals surface area contributed by atoms with Gasteiger partial charge in [0.05, 0.1) is 27.9 Å². The molecule has 108 valence electrons. The van der Waals surface area contributed by atoms with Gasteiger partial charge in [0.25, 0.3) is 0 Å². The van der Waals surface area contributed by atoms with Gasteiger partial charge in [-0.1, -0.05) is 35.9 Å². The molecule has 0 fully saturated rings. The van der Waals surface area contributed by atoms with E-state index in [0.29, 0.717) is 11.4 Å². The zero-order valence-electron chi connectivity index (χ0n) is 12.4. The molecular formula is C17H18ClN3. The lowest BCUT2D eigenvalue weighted by atomic mass is 9.70. The van der Waals surface area contributed by atoms with E-state index in [-0.39, 0.29) is 5.41 Å². The molecule has 1 aromatic carbocycles. The third-order valence-electron chi connectivity index (χ3n) is 4.52. The summed E-state index contributed by atoms with van der Waals surface area (Å²) < 4.78 is 1.82. The van der Waals surface area contributed by atoms with E-state index in [4.69, 9.17) is 11.6 Å². The van der Waals surface area contributed by atoms with E-state index in [2.05, 4.69) is 29.4 Å². The van der Waals surface area contributed by atoms with E-state index >= 15 is 0 Å². The molecule has 0 aliphatic heterocycles. The number of aryl methyl sites for hydroxylation is 3. The fraction of sp³-hybridized carbons (Fsp3) is 0.412. The van der Waals surface area contributed by atoms with Crippen LogP contribution in [0.3, 0.4) is 0 Å². The van der Waals surface area contributed by atoms with Crippen molar-refractivity contribution in [2.24, 2.45) is 12.5 Å². The minimum Gasteiger partial charge on any atom is -0.271 e. The van der Waals surface area contributed by atoms with Crippen molar-refractivity contribution in [3.8, 4) is 6.07 Å². The van der Waals surface area contributed by atoms with Gasteiger partial charge >= 0.3 is 0 Å². The van der Waals surface area contributed by atoms with Crippen LogP contribution in [0.2, 0.25) is 5.02 Å². The standard InChI is InChI=1S/C17H18ClN3/c1-12-16(18)15(21(2)20-12)10-17(11-19)8-7-13-5-3-4-6-14(13)9-17/h3-6H,7-10H2,1-2H3. The van der Waals surface area contributed by atoms with Gasteiger partial charge in [-0.2, -0.15) is 10.4 Å². The number of hydrogen-bond donors (Lipinski definition) is 0. The third-order valence-corrected chi connectivity index (χ3v) is 5.02. The second-order valence-corrected chi connectivity index (χ2v) is 6.36. The number of rotatable bonds is 2. The van der Waals surface area contributed by atoms with Crippen LogP contribution in [-0.2, 0) is 26.3 Å². The number of hydrogen-bond acceptors (Lipinski definition) is 2. The van der Waals surface area contributed by atoms with Gasteiger partial charge in [-0.3, -0.25) is 4.68 Å². The lowest BCUT2D eigenvalue weighted by Crippen LogP contribution is -2.30. The van der Waals surface area contributed by atoms with E-state index in [1.165, 1.54) is 11.1 Å². The van der Waals surface area contributed by atoms with Gasteiger partial charge < -0.3 is 0 Å². The molecule has 1 aliphatic carbocycles. The van der Waals surface area contributed by atoms with E-state index < -0.39 is 0 Å². The van der Waals surface area contributed by atoms with Crippen molar-refractivity contribution in [3.05, 3.63) is 51.8 Å². The van der Waals surface area contributed by atoms with Gasteiger partial charge in [0.1, 0.15) is 0 Å². The molecular weight excluding hydrogens is 282 g/mol. The van der Waals surface area contributed by atoms with Gasteiger partial charge in [-0.15, -0.1) is 0 Å². The lowest BCUT2D eigenvalue weighted by Gasteiger charge is -2.32. The van der Waals surface area contributed by atoms with Crippen LogP contribution in [0.5, 0.6) is 0 Å². The molecule has 1 unspecified atom stereocenters. The zero-order chi connectivity index (χ0) is 15.0. The summed E-state index contributed by atoms with van der Waals surface area (Å²) in [5.41, 5.74) is 4.09. The van der Waals surface area contributed by atoms with Gasteiger partial charge in [-0.25, -0.2) is 0 Å². The molecule has 3 rings (SSSR count). The van der Waals surface area contributed by atoms with E-state index in [1.807, 2.05) is 24.7 Å². The van der Waals surface area contributed by atoms with Gasteiger partial charge in [0.15, 0.2) is 0 Å². The second-order valence-electron chi connectivity index (χ2n) is 5.98. The predicted molar refractivity (Wildman–Crippen MR) is 83.2 cm³/mol. The number of benzene rings is 1. The van der Waals surface area contributed by atoms with Crippen LogP contribution in [0, 0.1) is 23.7 Å². The lowest BCUT2D eigenvalue weighted by molar-refractivity contribution is 0.331. The maximum absolute atomic E-state index is 9.79. The van der Waals surface area contributed by atoms with Crippen molar-refractivity contribution in [2.75, 3.05) is 0 Å². The average Bonchev–Trinajstić information content (AvgIpc) is 2.73. The van der Waals surface area contributed by atoms with Crippen LogP contribution in [0.1, 0.15) is 28.9 Å². The molecule has 1 atom stereocenters. The van der Waals surface area contributed by atoms with Crippen LogP contribution in [0.4, 0.5) is 0 Å². The highest BCUT2D eigenvalue weighted by Crippen LogP contribution is 2.39. The molecule has 0 radical (unpaired) electrons. The molecule has 0 spiro atoms. The number of fused-ring (bicyclic) bond motifs is 1. The SMILES string of the molecule is Cc1nn(C)c(CC2(C#N)CCc3ccccc3C2)c1Cl. The summed E-state index contributed by atoms with van der Waals surface area (Å²) in [4.78, 5) is 0. The monoisotopic (exact) mass is 299 g/mol. The van der Waals surface area contributed by atoms with Crippen molar-refractivity contribution in [1.82, 2.24) is 9.78 Å². The highest BCUT2D eigenvalue weighted by atomic mass is 35.5. The van der Waals surface area contributed by atoms with Crippen molar-refractivity contribution in [2.45, 2.75) is 32.6 Å². The quantitative estimate of drug-likeness (QED) is 0.850. The smallest absolute Gasteiger partial charge is 0.0847 e. The summed E-state index contributed by atoms with van der Waals surface area (Å²) in [6, 6.07) is 11.0. The summed E-state index contributed by atoms with van der Waals surface area (Å²) in [5.74, 6) is 0. The third kappa shape index (κ3) is 2.45. The highest BCUT2D eigenvalue weighted by Gasteiger charge is 2.36. The minimum absolute atomic E-state index is 0.377. The predicted octanol–water partition coefficient (Wildman–Crippen LogP) is 3.62. The van der Waals surface area contributed by atoms with Gasteiger partial charge in [0.2, 0.25) is 0 Å². The molecule has 21 heavy (non-hydrogen) atoms. The molecule has 1 aliphatic rings.